The van der Waals surface area contributed by atoms with Crippen LogP contribution >= 0.6 is 0 Å². The second-order valence-electron chi connectivity index (χ2n) is 7.24. The molecule has 0 radical (unpaired) electrons. The molecular formula is C18H19F2N3O2. The molecule has 2 aromatic rings. The third kappa shape index (κ3) is 2.60. The molecule has 1 atom stereocenters. The van der Waals surface area contributed by atoms with Gasteiger partial charge in [0.2, 0.25) is 0 Å². The summed E-state index contributed by atoms with van der Waals surface area (Å²) in [6, 6.07) is 7.17. The third-order valence-corrected chi connectivity index (χ3v) is 5.45. The topological polar surface area (TPSA) is 60.1 Å². The van der Waals surface area contributed by atoms with Crippen LogP contribution in [0.2, 0.25) is 0 Å². The third-order valence-electron chi connectivity index (χ3n) is 5.45. The first-order valence-corrected chi connectivity index (χ1v) is 8.37. The largest absolute Gasteiger partial charge is 0.348 e. The molecule has 132 valence electrons. The highest BCUT2D eigenvalue weighted by molar-refractivity contribution is 5.77. The fourth-order valence-corrected chi connectivity index (χ4v) is 4.00. The molecule has 1 aromatic carbocycles. The van der Waals surface area contributed by atoms with Crippen molar-refractivity contribution in [3.05, 3.63) is 30.1 Å². The molecule has 1 unspecified atom stereocenters. The van der Waals surface area contributed by atoms with Gasteiger partial charge < -0.3 is 14.0 Å². The van der Waals surface area contributed by atoms with Gasteiger partial charge in [-0.2, -0.15) is 5.26 Å². The molecule has 0 amide bonds. The van der Waals surface area contributed by atoms with Crippen LogP contribution in [0.3, 0.4) is 0 Å². The van der Waals surface area contributed by atoms with Gasteiger partial charge in [0.25, 0.3) is 5.92 Å². The summed E-state index contributed by atoms with van der Waals surface area (Å²) >= 11 is 0. The van der Waals surface area contributed by atoms with Gasteiger partial charge in [0.1, 0.15) is 0 Å². The molecule has 2 fully saturated rings. The van der Waals surface area contributed by atoms with E-state index >= 15 is 0 Å². The Bertz CT molecular complexity index is 852. The van der Waals surface area contributed by atoms with E-state index < -0.39 is 17.1 Å². The Balaban J connectivity index is 1.71. The van der Waals surface area contributed by atoms with Crippen molar-refractivity contribution in [2.75, 3.05) is 13.2 Å². The summed E-state index contributed by atoms with van der Waals surface area (Å²) < 4.78 is 42.7. The lowest BCUT2D eigenvalue weighted by atomic mass is 9.69. The second kappa shape index (κ2) is 5.48. The van der Waals surface area contributed by atoms with E-state index in [9.17, 15) is 8.78 Å². The second-order valence-corrected chi connectivity index (χ2v) is 7.24. The van der Waals surface area contributed by atoms with Gasteiger partial charge in [-0.25, -0.2) is 13.8 Å². The summed E-state index contributed by atoms with van der Waals surface area (Å²) in [6.07, 6.45) is 1.63. The van der Waals surface area contributed by atoms with Crippen LogP contribution in [0.5, 0.6) is 0 Å². The van der Waals surface area contributed by atoms with Crippen molar-refractivity contribution in [1.82, 2.24) is 9.55 Å². The Labute approximate surface area is 144 Å². The lowest BCUT2D eigenvalue weighted by Crippen LogP contribution is -2.53. The van der Waals surface area contributed by atoms with Crippen molar-refractivity contribution in [3.63, 3.8) is 0 Å². The first kappa shape index (κ1) is 16.4. The number of alkyl halides is 2. The summed E-state index contributed by atoms with van der Waals surface area (Å²) in [5.41, 5.74) is 0.522. The Kier molecular flexibility index (Phi) is 3.60. The minimum Gasteiger partial charge on any atom is -0.348 e. The fraction of sp³-hybridized carbons (Fsp3) is 0.556. The molecule has 1 spiro atoms. The molecule has 0 bridgehead atoms. The lowest BCUT2D eigenvalue weighted by molar-refractivity contribution is -0.263. The zero-order valence-corrected chi connectivity index (χ0v) is 14.0. The number of hydrogen-bond acceptors (Lipinski definition) is 4. The molecule has 4 rings (SSSR count). The molecule has 2 aliphatic rings. The normalized spacial score (nSPS) is 27.6. The number of nitriles is 1. The van der Waals surface area contributed by atoms with Crippen molar-refractivity contribution in [1.29, 1.82) is 5.26 Å². The Morgan fingerprint density at radius 2 is 2.04 bits per heavy atom. The molecular weight excluding hydrogens is 328 g/mol. The molecule has 25 heavy (non-hydrogen) atoms. The van der Waals surface area contributed by atoms with Crippen LogP contribution < -0.4 is 0 Å². The van der Waals surface area contributed by atoms with Gasteiger partial charge >= 0.3 is 0 Å². The number of halogens is 2. The average Bonchev–Trinajstić information content (AvgIpc) is 3.19. The number of hydrogen-bond donors (Lipinski definition) is 0. The minimum atomic E-state index is -2.84. The number of benzene rings is 1. The maximum Gasteiger partial charge on any atom is 0.255 e. The Hall–Kier alpha value is -2.04. The van der Waals surface area contributed by atoms with E-state index in [1.54, 1.807) is 36.0 Å². The summed E-state index contributed by atoms with van der Waals surface area (Å²) in [6.45, 7) is 2.56. The van der Waals surface area contributed by atoms with Gasteiger partial charge in [-0.1, -0.05) is 6.92 Å². The van der Waals surface area contributed by atoms with Crippen LogP contribution in [0.1, 0.15) is 31.7 Å². The van der Waals surface area contributed by atoms with Crippen molar-refractivity contribution >= 4 is 11.0 Å². The van der Waals surface area contributed by atoms with E-state index in [0.717, 1.165) is 0 Å². The summed E-state index contributed by atoms with van der Waals surface area (Å²) in [5, 5.41) is 9.09. The van der Waals surface area contributed by atoms with Gasteiger partial charge in [0, 0.05) is 25.8 Å². The molecule has 5 nitrogen and oxygen atoms in total. The number of ether oxygens (including phenoxy) is 2. The van der Waals surface area contributed by atoms with Gasteiger partial charge in [-0.05, 0) is 18.2 Å². The molecule has 1 saturated carbocycles. The first-order chi connectivity index (χ1) is 11.9. The van der Waals surface area contributed by atoms with E-state index in [2.05, 4.69) is 11.1 Å². The standard InChI is InChI=1S/C18H19F2N3O2/c1-16(10-17(24-6-7-25-17)4-5-18(16,19)20)11-23-12-22-14-3-2-13(9-21)8-15(14)23/h2-3,8,12H,4-7,10-11H2,1H3. The smallest absolute Gasteiger partial charge is 0.255 e. The van der Waals surface area contributed by atoms with E-state index in [1.807, 2.05) is 0 Å². The SMILES string of the molecule is CC1(Cn2cnc3ccc(C#N)cc32)CC2(CCC1(F)F)OCCO2. The summed E-state index contributed by atoms with van der Waals surface area (Å²) in [4.78, 5) is 4.27. The first-order valence-electron chi connectivity index (χ1n) is 8.37. The number of nitrogens with zero attached hydrogens (tertiary/aromatic N) is 3. The monoisotopic (exact) mass is 347 g/mol. The van der Waals surface area contributed by atoms with Crippen molar-refractivity contribution in [2.45, 2.75) is 44.4 Å². The van der Waals surface area contributed by atoms with Gasteiger partial charge in [0.15, 0.2) is 5.79 Å². The van der Waals surface area contributed by atoms with Gasteiger partial charge in [-0.3, -0.25) is 0 Å². The Morgan fingerprint density at radius 1 is 1.28 bits per heavy atom. The number of fused-ring (bicyclic) bond motifs is 1. The van der Waals surface area contributed by atoms with Crippen molar-refractivity contribution in [2.24, 2.45) is 5.41 Å². The lowest BCUT2D eigenvalue weighted by Gasteiger charge is -2.47. The van der Waals surface area contributed by atoms with Gasteiger partial charge in [0.05, 0.1) is 47.6 Å². The van der Waals surface area contributed by atoms with Crippen molar-refractivity contribution < 1.29 is 18.3 Å². The van der Waals surface area contributed by atoms with Crippen LogP contribution in [-0.4, -0.2) is 34.5 Å². The highest BCUT2D eigenvalue weighted by atomic mass is 19.3. The zero-order chi connectivity index (χ0) is 17.7. The molecule has 7 heteroatoms. The van der Waals surface area contributed by atoms with Crippen LogP contribution in [0.4, 0.5) is 8.78 Å². The minimum absolute atomic E-state index is 0.0832. The zero-order valence-electron chi connectivity index (χ0n) is 14.0. The molecule has 1 aliphatic carbocycles. The average molecular weight is 347 g/mol. The molecule has 1 saturated heterocycles. The Morgan fingerprint density at radius 3 is 2.76 bits per heavy atom. The maximum absolute atomic E-state index is 14.8. The van der Waals surface area contributed by atoms with Crippen LogP contribution in [0.25, 0.3) is 11.0 Å². The predicted octanol–water partition coefficient (Wildman–Crippen LogP) is 3.48. The predicted molar refractivity (Wildman–Crippen MR) is 86.0 cm³/mol. The quantitative estimate of drug-likeness (QED) is 0.834. The van der Waals surface area contributed by atoms with E-state index in [1.165, 1.54) is 0 Å². The van der Waals surface area contributed by atoms with Crippen LogP contribution in [0, 0.1) is 16.7 Å². The molecule has 1 aliphatic heterocycles. The van der Waals surface area contributed by atoms with Crippen LogP contribution in [-0.2, 0) is 16.0 Å². The molecule has 2 heterocycles. The number of imidazole rings is 1. The number of rotatable bonds is 2. The molecule has 0 N–H and O–H groups in total. The van der Waals surface area contributed by atoms with Crippen molar-refractivity contribution in [3.8, 4) is 6.07 Å². The summed E-state index contributed by atoms with van der Waals surface area (Å²) in [7, 11) is 0. The maximum atomic E-state index is 14.8. The number of aromatic nitrogens is 2. The van der Waals surface area contributed by atoms with E-state index in [4.69, 9.17) is 14.7 Å². The van der Waals surface area contributed by atoms with Gasteiger partial charge in [-0.15, -0.1) is 0 Å². The highest BCUT2D eigenvalue weighted by Crippen LogP contribution is 2.54. The van der Waals surface area contributed by atoms with E-state index in [0.29, 0.717) is 29.8 Å². The fourth-order valence-electron chi connectivity index (χ4n) is 4.00. The molecule has 1 aromatic heterocycles. The van der Waals surface area contributed by atoms with E-state index in [-0.39, 0.29) is 25.8 Å². The van der Waals surface area contributed by atoms with Crippen LogP contribution in [0.15, 0.2) is 24.5 Å². The highest BCUT2D eigenvalue weighted by Gasteiger charge is 2.60. The summed E-state index contributed by atoms with van der Waals surface area (Å²) in [5.74, 6) is -3.73.